The van der Waals surface area contributed by atoms with E-state index in [1.54, 1.807) is 11.0 Å². The lowest BCUT2D eigenvalue weighted by Gasteiger charge is -2.31. The SMILES string of the molecule is O=C(c1cccs1)[C@H]1CCCN(C(=O)COc2ccc(F)cc2F)C1. The van der Waals surface area contributed by atoms with Crippen LogP contribution in [0.15, 0.2) is 35.7 Å². The van der Waals surface area contributed by atoms with Crippen LogP contribution in [0.3, 0.4) is 0 Å². The van der Waals surface area contributed by atoms with Gasteiger partial charge in [-0.05, 0) is 36.4 Å². The fraction of sp³-hybridized carbons (Fsp3) is 0.333. The number of Topliss-reactive ketones (excluding diaryl/α,β-unsaturated/α-hetero) is 1. The summed E-state index contributed by atoms with van der Waals surface area (Å²) in [6.45, 7) is 0.537. The second-order valence-corrected chi connectivity index (χ2v) is 6.83. The monoisotopic (exact) mass is 365 g/mol. The first kappa shape index (κ1) is 17.5. The van der Waals surface area contributed by atoms with Crippen LogP contribution in [0, 0.1) is 17.6 Å². The van der Waals surface area contributed by atoms with Crippen molar-refractivity contribution in [3.8, 4) is 5.75 Å². The molecule has 1 aromatic carbocycles. The average molecular weight is 365 g/mol. The minimum Gasteiger partial charge on any atom is -0.481 e. The molecule has 0 radical (unpaired) electrons. The van der Waals surface area contributed by atoms with Crippen molar-refractivity contribution in [1.29, 1.82) is 0 Å². The van der Waals surface area contributed by atoms with Gasteiger partial charge in [0.15, 0.2) is 24.0 Å². The molecule has 25 heavy (non-hydrogen) atoms. The molecule has 3 rings (SSSR count). The van der Waals surface area contributed by atoms with Crippen LogP contribution in [-0.2, 0) is 4.79 Å². The number of likely N-dealkylation sites (tertiary alicyclic amines) is 1. The molecule has 0 spiro atoms. The van der Waals surface area contributed by atoms with Gasteiger partial charge in [0.25, 0.3) is 5.91 Å². The Bertz CT molecular complexity index is 764. The minimum absolute atomic E-state index is 0.0537. The third-order valence-electron chi connectivity index (χ3n) is 4.15. The third kappa shape index (κ3) is 4.22. The van der Waals surface area contributed by atoms with Crippen molar-refractivity contribution in [3.05, 3.63) is 52.2 Å². The lowest BCUT2D eigenvalue weighted by Crippen LogP contribution is -2.44. The van der Waals surface area contributed by atoms with Crippen LogP contribution in [0.5, 0.6) is 5.75 Å². The van der Waals surface area contributed by atoms with Gasteiger partial charge in [-0.1, -0.05) is 6.07 Å². The van der Waals surface area contributed by atoms with Crippen LogP contribution in [0.1, 0.15) is 22.5 Å². The predicted octanol–water partition coefficient (Wildman–Crippen LogP) is 3.53. The van der Waals surface area contributed by atoms with E-state index in [1.165, 1.54) is 11.3 Å². The van der Waals surface area contributed by atoms with Crippen LogP contribution in [-0.4, -0.2) is 36.3 Å². The lowest BCUT2D eigenvalue weighted by molar-refractivity contribution is -0.134. The number of thiophene rings is 1. The number of carbonyl (C=O) groups is 2. The Labute approximate surface area is 148 Å². The summed E-state index contributed by atoms with van der Waals surface area (Å²) in [4.78, 5) is 27.0. The number of hydrogen-bond acceptors (Lipinski definition) is 4. The number of piperidine rings is 1. The summed E-state index contributed by atoms with van der Waals surface area (Å²) in [6.07, 6.45) is 1.48. The molecule has 1 atom stereocenters. The van der Waals surface area contributed by atoms with Gasteiger partial charge in [0.05, 0.1) is 4.88 Å². The largest absolute Gasteiger partial charge is 0.481 e. The molecule has 1 amide bonds. The van der Waals surface area contributed by atoms with Crippen molar-refractivity contribution in [1.82, 2.24) is 4.90 Å². The van der Waals surface area contributed by atoms with E-state index in [4.69, 9.17) is 4.74 Å². The summed E-state index contributed by atoms with van der Waals surface area (Å²) in [7, 11) is 0. The van der Waals surface area contributed by atoms with Gasteiger partial charge in [-0.2, -0.15) is 0 Å². The van der Waals surface area contributed by atoms with E-state index in [9.17, 15) is 18.4 Å². The van der Waals surface area contributed by atoms with E-state index < -0.39 is 11.6 Å². The molecular formula is C18H17F2NO3S. The molecule has 1 aliphatic rings. The van der Waals surface area contributed by atoms with E-state index >= 15 is 0 Å². The molecule has 0 aliphatic carbocycles. The van der Waals surface area contributed by atoms with Crippen molar-refractivity contribution in [2.75, 3.05) is 19.7 Å². The Morgan fingerprint density at radius 2 is 2.12 bits per heavy atom. The van der Waals surface area contributed by atoms with Gasteiger partial charge in [0.1, 0.15) is 5.82 Å². The number of benzene rings is 1. The highest BCUT2D eigenvalue weighted by Crippen LogP contribution is 2.24. The van der Waals surface area contributed by atoms with Gasteiger partial charge in [-0.15, -0.1) is 11.3 Å². The number of hydrogen-bond donors (Lipinski definition) is 0. The second kappa shape index (κ2) is 7.74. The topological polar surface area (TPSA) is 46.6 Å². The van der Waals surface area contributed by atoms with E-state index in [-0.39, 0.29) is 30.0 Å². The molecule has 1 aromatic heterocycles. The molecule has 7 heteroatoms. The van der Waals surface area contributed by atoms with Gasteiger partial charge in [-0.3, -0.25) is 9.59 Å². The molecule has 1 aliphatic heterocycles. The molecule has 0 N–H and O–H groups in total. The third-order valence-corrected chi connectivity index (χ3v) is 5.04. The molecule has 1 fully saturated rings. The van der Waals surface area contributed by atoms with Crippen LogP contribution in [0.2, 0.25) is 0 Å². The molecule has 132 valence electrons. The first-order valence-corrected chi connectivity index (χ1v) is 8.86. The van der Waals surface area contributed by atoms with E-state index in [0.717, 1.165) is 25.0 Å². The fourth-order valence-electron chi connectivity index (χ4n) is 2.86. The number of carbonyl (C=O) groups excluding carboxylic acids is 2. The molecule has 4 nitrogen and oxygen atoms in total. The first-order valence-electron chi connectivity index (χ1n) is 7.98. The highest BCUT2D eigenvalue weighted by Gasteiger charge is 2.29. The van der Waals surface area contributed by atoms with Crippen LogP contribution >= 0.6 is 11.3 Å². The van der Waals surface area contributed by atoms with E-state index in [2.05, 4.69) is 0 Å². The van der Waals surface area contributed by atoms with Crippen molar-refractivity contribution >= 4 is 23.0 Å². The fourth-order valence-corrected chi connectivity index (χ4v) is 3.60. The highest BCUT2D eigenvalue weighted by molar-refractivity contribution is 7.12. The molecule has 0 unspecified atom stereocenters. The Morgan fingerprint density at radius 1 is 1.28 bits per heavy atom. The van der Waals surface area contributed by atoms with Crippen molar-refractivity contribution in [3.63, 3.8) is 0 Å². The van der Waals surface area contributed by atoms with E-state index in [1.807, 2.05) is 11.4 Å². The van der Waals surface area contributed by atoms with Gasteiger partial charge >= 0.3 is 0 Å². The zero-order valence-electron chi connectivity index (χ0n) is 13.4. The minimum atomic E-state index is -0.850. The Hall–Kier alpha value is -2.28. The Kier molecular flexibility index (Phi) is 5.43. The van der Waals surface area contributed by atoms with Gasteiger partial charge < -0.3 is 9.64 Å². The molecule has 1 saturated heterocycles. The van der Waals surface area contributed by atoms with Crippen molar-refractivity contribution in [2.45, 2.75) is 12.8 Å². The lowest BCUT2D eigenvalue weighted by atomic mass is 9.93. The maximum atomic E-state index is 13.5. The highest BCUT2D eigenvalue weighted by atomic mass is 32.1. The van der Waals surface area contributed by atoms with Crippen molar-refractivity contribution in [2.24, 2.45) is 5.92 Å². The van der Waals surface area contributed by atoms with Gasteiger partial charge in [0.2, 0.25) is 0 Å². The molecule has 2 aromatic rings. The predicted molar refractivity (Wildman–Crippen MR) is 89.8 cm³/mol. The maximum absolute atomic E-state index is 13.5. The number of nitrogens with zero attached hydrogens (tertiary/aromatic N) is 1. The zero-order valence-corrected chi connectivity index (χ0v) is 14.2. The van der Waals surface area contributed by atoms with Gasteiger partial charge in [-0.25, -0.2) is 8.78 Å². The van der Waals surface area contributed by atoms with Crippen LogP contribution < -0.4 is 4.74 Å². The molecule has 2 heterocycles. The first-order chi connectivity index (χ1) is 12.0. The zero-order chi connectivity index (χ0) is 17.8. The number of amides is 1. The summed E-state index contributed by atoms with van der Waals surface area (Å²) in [5.74, 6) is -2.21. The van der Waals surface area contributed by atoms with E-state index in [0.29, 0.717) is 24.0 Å². The van der Waals surface area contributed by atoms with Crippen LogP contribution in [0.4, 0.5) is 8.78 Å². The normalized spacial score (nSPS) is 17.4. The summed E-state index contributed by atoms with van der Waals surface area (Å²) < 4.78 is 31.6. The summed E-state index contributed by atoms with van der Waals surface area (Å²) >= 11 is 1.39. The molecule has 0 saturated carbocycles. The number of rotatable bonds is 5. The standard InChI is InChI=1S/C18H17F2NO3S/c19-13-5-6-15(14(20)9-13)24-11-17(22)21-7-1-3-12(10-21)18(23)16-4-2-8-25-16/h2,4-6,8-9,12H,1,3,7,10-11H2/t12-/m0/s1. The molecule has 0 bridgehead atoms. The van der Waals surface area contributed by atoms with Crippen molar-refractivity contribution < 1.29 is 23.1 Å². The second-order valence-electron chi connectivity index (χ2n) is 5.88. The quantitative estimate of drug-likeness (QED) is 0.762. The maximum Gasteiger partial charge on any atom is 0.260 e. The number of ketones is 1. The van der Waals surface area contributed by atoms with Gasteiger partial charge in [0, 0.05) is 25.1 Å². The summed E-state index contributed by atoms with van der Waals surface area (Å²) in [5.41, 5.74) is 0. The Balaban J connectivity index is 1.57. The smallest absolute Gasteiger partial charge is 0.260 e. The van der Waals surface area contributed by atoms with Crippen LogP contribution in [0.25, 0.3) is 0 Å². The summed E-state index contributed by atoms with van der Waals surface area (Å²) in [6, 6.07) is 6.54. The Morgan fingerprint density at radius 3 is 2.84 bits per heavy atom. The number of ether oxygens (including phenoxy) is 1. The molecular weight excluding hydrogens is 348 g/mol. The average Bonchev–Trinajstić information content (AvgIpc) is 3.15. The number of halogens is 2. The summed E-state index contributed by atoms with van der Waals surface area (Å²) in [5, 5.41) is 1.85.